The Balaban J connectivity index is 1.26. The second-order valence-electron chi connectivity index (χ2n) is 15.5. The van der Waals surface area contributed by atoms with Crippen LogP contribution in [0.4, 0.5) is 9.59 Å². The van der Waals surface area contributed by atoms with Gasteiger partial charge in [0.1, 0.15) is 38.6 Å². The number of sulfonamides is 1. The van der Waals surface area contributed by atoms with E-state index in [1.165, 1.54) is 9.80 Å². The summed E-state index contributed by atoms with van der Waals surface area (Å²) in [6.07, 6.45) is 2.13. The predicted octanol–water partition coefficient (Wildman–Crippen LogP) is 6.15. The Morgan fingerprint density at radius 1 is 1.02 bits per heavy atom. The lowest BCUT2D eigenvalue weighted by Gasteiger charge is -2.30. The van der Waals surface area contributed by atoms with Crippen LogP contribution >= 0.6 is 46.1 Å². The number of carbonyl (C=O) groups is 5. The van der Waals surface area contributed by atoms with Gasteiger partial charge in [-0.25, -0.2) is 22.7 Å². The molecule has 3 fully saturated rings. The Morgan fingerprint density at radius 3 is 2.40 bits per heavy atom. The standard InChI is InChI=1S/C36H44Cl3N5O9S2/c1-35(2,3)53-33(48)40-25-13-8-6-4-5-7-11-21-16-36(21,32(47)42-55(50,51)27-15-28(38)54-29(27)39)41-30(45)26-14-22(18-44(26)31(25)46)52-34(49)43-17-20-10-9-12-24(37)23(20)19-43/h9-10,12,15,21-22,25-26H,4-8,11,13-14,16-19H2,1-3H3,(H,40,48)(H,41,45)(H,42,47). The fourth-order valence-electron chi connectivity index (χ4n) is 7.52. The van der Waals surface area contributed by atoms with Crippen LogP contribution in [0.5, 0.6) is 0 Å². The smallest absolute Gasteiger partial charge is 0.410 e. The lowest BCUT2D eigenvalue weighted by atomic mass is 10.0. The van der Waals surface area contributed by atoms with Crippen molar-refractivity contribution in [1.29, 1.82) is 0 Å². The van der Waals surface area contributed by atoms with Gasteiger partial charge in [-0.05, 0) is 69.2 Å². The predicted molar refractivity (Wildman–Crippen MR) is 205 cm³/mol. The van der Waals surface area contributed by atoms with Crippen LogP contribution in [0.2, 0.25) is 13.7 Å². The summed E-state index contributed by atoms with van der Waals surface area (Å²) in [6, 6.07) is 4.23. The zero-order valence-electron chi connectivity index (χ0n) is 30.6. The maximum absolute atomic E-state index is 14.4. The number of benzene rings is 1. The van der Waals surface area contributed by atoms with Crippen molar-refractivity contribution in [1.82, 2.24) is 25.2 Å². The van der Waals surface area contributed by atoms with E-state index in [0.717, 1.165) is 47.8 Å². The van der Waals surface area contributed by atoms with Crippen LogP contribution in [0, 0.1) is 5.92 Å². The molecule has 1 aliphatic carbocycles. The van der Waals surface area contributed by atoms with Gasteiger partial charge in [-0.3, -0.25) is 19.3 Å². The van der Waals surface area contributed by atoms with Gasteiger partial charge in [-0.2, -0.15) is 0 Å². The maximum atomic E-state index is 14.4. The maximum Gasteiger partial charge on any atom is 0.410 e. The molecule has 19 heteroatoms. The highest BCUT2D eigenvalue weighted by Crippen LogP contribution is 2.48. The summed E-state index contributed by atoms with van der Waals surface area (Å²) < 4.78 is 40.0. The molecule has 0 radical (unpaired) electrons. The van der Waals surface area contributed by atoms with Crippen molar-refractivity contribution in [3.05, 3.63) is 49.1 Å². The fraction of sp³-hybridized carbons (Fsp3) is 0.583. The normalized spacial score (nSPS) is 26.1. The van der Waals surface area contributed by atoms with Gasteiger partial charge in [0.2, 0.25) is 11.8 Å². The first-order valence-corrected chi connectivity index (χ1v) is 21.7. The lowest BCUT2D eigenvalue weighted by Crippen LogP contribution is -2.58. The summed E-state index contributed by atoms with van der Waals surface area (Å²) in [7, 11) is -4.47. The third kappa shape index (κ3) is 9.46. The van der Waals surface area contributed by atoms with E-state index < -0.39 is 69.3 Å². The number of carbonyl (C=O) groups excluding carboxylic acids is 5. The van der Waals surface area contributed by atoms with Gasteiger partial charge in [0.15, 0.2) is 0 Å². The highest BCUT2D eigenvalue weighted by atomic mass is 35.5. The average Bonchev–Trinajstić information content (AvgIpc) is 3.39. The Bertz CT molecular complexity index is 1970. The van der Waals surface area contributed by atoms with Gasteiger partial charge in [0.25, 0.3) is 15.9 Å². The molecule has 300 valence electrons. The molecule has 5 atom stereocenters. The summed E-state index contributed by atoms with van der Waals surface area (Å²) in [5, 5.41) is 6.03. The van der Waals surface area contributed by atoms with Crippen molar-refractivity contribution >= 4 is 86.1 Å². The van der Waals surface area contributed by atoms with Crippen LogP contribution in [0.1, 0.15) is 89.7 Å². The molecule has 2 saturated heterocycles. The number of ether oxygens (including phenoxy) is 2. The van der Waals surface area contributed by atoms with E-state index in [9.17, 15) is 32.4 Å². The van der Waals surface area contributed by atoms with Crippen LogP contribution in [0.3, 0.4) is 0 Å². The van der Waals surface area contributed by atoms with E-state index in [2.05, 4.69) is 15.4 Å². The summed E-state index contributed by atoms with van der Waals surface area (Å²) in [5.41, 5.74) is -0.760. The second kappa shape index (κ2) is 16.3. The summed E-state index contributed by atoms with van der Waals surface area (Å²) in [4.78, 5) is 71.5. The number of fused-ring (bicyclic) bond motifs is 3. The third-order valence-corrected chi connectivity index (χ3v) is 13.8. The fourth-order valence-corrected chi connectivity index (χ4v) is 11.0. The number of hydrogen-bond acceptors (Lipinski definition) is 10. The van der Waals surface area contributed by atoms with E-state index in [-0.39, 0.29) is 58.4 Å². The number of hydrogen-bond donors (Lipinski definition) is 3. The highest BCUT2D eigenvalue weighted by Gasteiger charge is 2.62. The minimum Gasteiger partial charge on any atom is -0.444 e. The molecule has 1 saturated carbocycles. The van der Waals surface area contributed by atoms with E-state index in [4.69, 9.17) is 44.3 Å². The number of halogens is 3. The topological polar surface area (TPSA) is 181 Å². The van der Waals surface area contributed by atoms with Gasteiger partial charge in [-0.1, -0.05) is 79.0 Å². The number of nitrogens with zero attached hydrogens (tertiary/aromatic N) is 2. The first-order chi connectivity index (χ1) is 25.9. The Hall–Kier alpha value is -3.31. The zero-order valence-corrected chi connectivity index (χ0v) is 34.5. The van der Waals surface area contributed by atoms with Crippen molar-refractivity contribution in [3.63, 3.8) is 0 Å². The Labute approximate surface area is 338 Å². The molecular formula is C36H44Cl3N5O9S2. The minimum atomic E-state index is -4.47. The molecule has 5 amide bonds. The zero-order chi connectivity index (χ0) is 39.9. The molecule has 1 aromatic heterocycles. The summed E-state index contributed by atoms with van der Waals surface area (Å²) >= 11 is 19.3. The van der Waals surface area contributed by atoms with E-state index in [1.807, 2.05) is 6.07 Å². The molecule has 0 bridgehead atoms. The number of amides is 5. The number of rotatable bonds is 5. The van der Waals surface area contributed by atoms with E-state index in [1.54, 1.807) is 32.9 Å². The van der Waals surface area contributed by atoms with Crippen molar-refractivity contribution in [2.45, 2.75) is 126 Å². The van der Waals surface area contributed by atoms with E-state index >= 15 is 0 Å². The molecule has 3 aliphatic heterocycles. The van der Waals surface area contributed by atoms with Gasteiger partial charge < -0.3 is 25.0 Å². The molecular weight excluding hydrogens is 817 g/mol. The minimum absolute atomic E-state index is 0.112. The average molecular weight is 861 g/mol. The molecule has 1 aromatic carbocycles. The van der Waals surface area contributed by atoms with Crippen LogP contribution in [0.25, 0.3) is 0 Å². The van der Waals surface area contributed by atoms with Crippen LogP contribution in [-0.4, -0.2) is 84.0 Å². The largest absolute Gasteiger partial charge is 0.444 e. The molecule has 2 aromatic rings. The van der Waals surface area contributed by atoms with Crippen molar-refractivity contribution < 1.29 is 41.9 Å². The van der Waals surface area contributed by atoms with Crippen LogP contribution < -0.4 is 15.4 Å². The van der Waals surface area contributed by atoms with Gasteiger partial charge in [-0.15, -0.1) is 11.3 Å². The number of alkyl carbamates (subject to hydrolysis) is 1. The van der Waals surface area contributed by atoms with Crippen molar-refractivity contribution in [2.75, 3.05) is 6.54 Å². The second-order valence-corrected chi connectivity index (χ2v) is 19.9. The summed E-state index contributed by atoms with van der Waals surface area (Å²) in [6.45, 7) is 5.41. The number of thiophene rings is 1. The Kier molecular flexibility index (Phi) is 12.2. The van der Waals surface area contributed by atoms with Crippen LogP contribution in [0.15, 0.2) is 29.2 Å². The lowest BCUT2D eigenvalue weighted by molar-refractivity contribution is -0.141. The van der Waals surface area contributed by atoms with Crippen molar-refractivity contribution in [2.24, 2.45) is 5.92 Å². The molecule has 5 unspecified atom stereocenters. The molecule has 3 N–H and O–H groups in total. The molecule has 6 rings (SSSR count). The monoisotopic (exact) mass is 859 g/mol. The van der Waals surface area contributed by atoms with Gasteiger partial charge in [0.05, 0.1) is 17.4 Å². The van der Waals surface area contributed by atoms with Gasteiger partial charge >= 0.3 is 12.2 Å². The third-order valence-electron chi connectivity index (χ3n) is 10.3. The van der Waals surface area contributed by atoms with Crippen molar-refractivity contribution in [3.8, 4) is 0 Å². The number of nitrogens with one attached hydrogen (secondary N) is 3. The van der Waals surface area contributed by atoms with Gasteiger partial charge in [0, 0.05) is 18.0 Å². The molecule has 4 heterocycles. The first kappa shape index (κ1) is 41.3. The summed E-state index contributed by atoms with van der Waals surface area (Å²) in [5.74, 6) is -2.64. The quantitative estimate of drug-likeness (QED) is 0.318. The first-order valence-electron chi connectivity index (χ1n) is 18.2. The Morgan fingerprint density at radius 2 is 1.73 bits per heavy atom. The highest BCUT2D eigenvalue weighted by molar-refractivity contribution is 7.90. The molecule has 0 spiro atoms. The molecule has 55 heavy (non-hydrogen) atoms. The van der Waals surface area contributed by atoms with E-state index in [0.29, 0.717) is 24.3 Å². The SMILES string of the molecule is CC(C)(C)OC(=O)NC1CCCCCCCC2CC2(C(=O)NS(=O)(=O)c2cc(Cl)sc2Cl)NC(=O)C2CC(OC(=O)N3Cc4cccc(Cl)c4C3)CN2C1=O. The van der Waals surface area contributed by atoms with Crippen LogP contribution in [-0.2, 0) is 47.0 Å². The molecule has 4 aliphatic rings. The molecule has 14 nitrogen and oxygen atoms in total.